The molecule has 0 aliphatic rings. The number of anilines is 2. The van der Waals surface area contributed by atoms with Crippen LogP contribution in [0.5, 0.6) is 5.75 Å². The molecule has 0 spiro atoms. The number of methoxy groups -OCH3 is 1. The third kappa shape index (κ3) is 3.17. The molecule has 3 N–H and O–H groups in total. The van der Waals surface area contributed by atoms with Gasteiger partial charge in [-0.3, -0.25) is 0 Å². The Morgan fingerprint density at radius 3 is 2.56 bits per heavy atom. The molecule has 0 saturated heterocycles. The fourth-order valence-electron chi connectivity index (χ4n) is 1.62. The third-order valence-electron chi connectivity index (χ3n) is 2.66. The lowest BCUT2D eigenvalue weighted by Gasteiger charge is -2.11. The van der Waals surface area contributed by atoms with E-state index in [4.69, 9.17) is 10.5 Å². The summed E-state index contributed by atoms with van der Waals surface area (Å²) in [5.74, 6) is 0.794. The van der Waals surface area contributed by atoms with Crippen LogP contribution in [0.4, 0.5) is 11.4 Å². The first-order chi connectivity index (χ1) is 8.69. The second-order valence-corrected chi connectivity index (χ2v) is 4.85. The molecule has 0 unspecified atom stereocenters. The molecule has 0 fully saturated rings. The van der Waals surface area contributed by atoms with Gasteiger partial charge in [0.2, 0.25) is 0 Å². The summed E-state index contributed by atoms with van der Waals surface area (Å²) in [7, 11) is 1.64. The van der Waals surface area contributed by atoms with E-state index in [1.807, 2.05) is 30.3 Å². The Bertz CT molecular complexity index is 526. The fourth-order valence-corrected chi connectivity index (χ4v) is 1.88. The molecule has 0 atom stereocenters. The molecule has 2 aromatic rings. The molecule has 2 rings (SSSR count). The normalized spacial score (nSPS) is 10.1. The molecule has 0 aromatic heterocycles. The minimum absolute atomic E-state index is 0.716. The number of hydrogen-bond acceptors (Lipinski definition) is 3. The van der Waals surface area contributed by atoms with Crippen LogP contribution in [-0.2, 0) is 6.54 Å². The van der Waals surface area contributed by atoms with Crippen LogP contribution in [-0.4, -0.2) is 7.11 Å². The monoisotopic (exact) mass is 306 g/mol. The van der Waals surface area contributed by atoms with Crippen LogP contribution in [0.15, 0.2) is 46.9 Å². The van der Waals surface area contributed by atoms with E-state index in [2.05, 4.69) is 33.4 Å². The number of hydrogen-bond donors (Lipinski definition) is 2. The van der Waals surface area contributed by atoms with Crippen LogP contribution < -0.4 is 15.8 Å². The summed E-state index contributed by atoms with van der Waals surface area (Å²) in [4.78, 5) is 0. The van der Waals surface area contributed by atoms with Gasteiger partial charge in [0.1, 0.15) is 5.75 Å². The van der Waals surface area contributed by atoms with E-state index in [1.54, 1.807) is 7.11 Å². The predicted octanol–water partition coefficient (Wildman–Crippen LogP) is 3.65. The average Bonchev–Trinajstić information content (AvgIpc) is 2.40. The van der Waals surface area contributed by atoms with Gasteiger partial charge in [-0.1, -0.05) is 28.1 Å². The molecule has 4 heteroatoms. The summed E-state index contributed by atoms with van der Waals surface area (Å²) in [5, 5.41) is 3.30. The van der Waals surface area contributed by atoms with Crippen molar-refractivity contribution in [3.63, 3.8) is 0 Å². The van der Waals surface area contributed by atoms with Gasteiger partial charge in [0.25, 0.3) is 0 Å². The van der Waals surface area contributed by atoms with Crippen molar-refractivity contribution in [2.45, 2.75) is 6.54 Å². The summed E-state index contributed by atoms with van der Waals surface area (Å²) in [6.07, 6.45) is 0. The highest BCUT2D eigenvalue weighted by molar-refractivity contribution is 9.10. The number of benzene rings is 2. The fraction of sp³-hybridized carbons (Fsp3) is 0.143. The second-order valence-electron chi connectivity index (χ2n) is 3.93. The molecule has 0 bridgehead atoms. The van der Waals surface area contributed by atoms with E-state index < -0.39 is 0 Å². The minimum atomic E-state index is 0.716. The Morgan fingerprint density at radius 1 is 1.17 bits per heavy atom. The Labute approximate surface area is 115 Å². The van der Waals surface area contributed by atoms with Crippen molar-refractivity contribution >= 4 is 27.3 Å². The molecule has 0 aliphatic heterocycles. The molecule has 3 nitrogen and oxygen atoms in total. The van der Waals surface area contributed by atoms with E-state index in [0.29, 0.717) is 5.69 Å². The van der Waals surface area contributed by atoms with Gasteiger partial charge in [-0.05, 0) is 29.8 Å². The van der Waals surface area contributed by atoms with Crippen molar-refractivity contribution in [2.75, 3.05) is 18.2 Å². The number of ether oxygens (including phenoxy) is 1. The molecule has 0 saturated carbocycles. The van der Waals surface area contributed by atoms with Crippen molar-refractivity contribution in [3.05, 3.63) is 52.5 Å². The molecular formula is C14H15BrN2O. The second kappa shape index (κ2) is 5.78. The number of nitrogen functional groups attached to an aromatic ring is 1. The van der Waals surface area contributed by atoms with E-state index in [9.17, 15) is 0 Å². The molecule has 0 amide bonds. The average molecular weight is 307 g/mol. The molecule has 2 aromatic carbocycles. The summed E-state index contributed by atoms with van der Waals surface area (Å²) >= 11 is 3.42. The summed E-state index contributed by atoms with van der Waals surface area (Å²) in [6.45, 7) is 0.727. The van der Waals surface area contributed by atoms with E-state index >= 15 is 0 Å². The summed E-state index contributed by atoms with van der Waals surface area (Å²) in [5.41, 5.74) is 8.70. The number of nitrogens with one attached hydrogen (secondary N) is 1. The van der Waals surface area contributed by atoms with E-state index in [-0.39, 0.29) is 0 Å². The van der Waals surface area contributed by atoms with Crippen LogP contribution >= 0.6 is 15.9 Å². The SMILES string of the molecule is COc1ccc(N)c(NCc2ccc(Br)cc2)c1. The Balaban J connectivity index is 2.07. The first-order valence-corrected chi connectivity index (χ1v) is 6.40. The largest absolute Gasteiger partial charge is 0.497 e. The lowest BCUT2D eigenvalue weighted by Crippen LogP contribution is -2.02. The molecule has 18 heavy (non-hydrogen) atoms. The van der Waals surface area contributed by atoms with Gasteiger partial charge in [-0.2, -0.15) is 0 Å². The molecule has 0 heterocycles. The molecular weight excluding hydrogens is 292 g/mol. The standard InChI is InChI=1S/C14H15BrN2O/c1-18-12-6-7-13(16)14(8-12)17-9-10-2-4-11(15)5-3-10/h2-8,17H,9,16H2,1H3. The Kier molecular flexibility index (Phi) is 4.10. The zero-order valence-electron chi connectivity index (χ0n) is 10.1. The lowest BCUT2D eigenvalue weighted by molar-refractivity contribution is 0.415. The van der Waals surface area contributed by atoms with Crippen LogP contribution in [0.2, 0.25) is 0 Å². The minimum Gasteiger partial charge on any atom is -0.497 e. The molecule has 0 radical (unpaired) electrons. The van der Waals surface area contributed by atoms with Crippen molar-refractivity contribution < 1.29 is 4.74 Å². The number of nitrogens with two attached hydrogens (primary N) is 1. The van der Waals surface area contributed by atoms with Gasteiger partial charge < -0.3 is 15.8 Å². The van der Waals surface area contributed by atoms with Gasteiger partial charge in [0.05, 0.1) is 18.5 Å². The zero-order valence-corrected chi connectivity index (χ0v) is 11.7. The molecule has 94 valence electrons. The summed E-state index contributed by atoms with van der Waals surface area (Å²) in [6, 6.07) is 13.7. The maximum atomic E-state index is 5.91. The highest BCUT2D eigenvalue weighted by Crippen LogP contribution is 2.25. The number of halogens is 1. The predicted molar refractivity (Wildman–Crippen MR) is 78.9 cm³/mol. The lowest BCUT2D eigenvalue weighted by atomic mass is 10.2. The van der Waals surface area contributed by atoms with Crippen LogP contribution in [0, 0.1) is 0 Å². The smallest absolute Gasteiger partial charge is 0.121 e. The van der Waals surface area contributed by atoms with Crippen LogP contribution in [0.25, 0.3) is 0 Å². The van der Waals surface area contributed by atoms with Crippen LogP contribution in [0.3, 0.4) is 0 Å². The molecule has 0 aliphatic carbocycles. The number of rotatable bonds is 4. The third-order valence-corrected chi connectivity index (χ3v) is 3.19. The van der Waals surface area contributed by atoms with Gasteiger partial charge >= 0.3 is 0 Å². The van der Waals surface area contributed by atoms with Crippen molar-refractivity contribution in [1.29, 1.82) is 0 Å². The van der Waals surface area contributed by atoms with E-state index in [0.717, 1.165) is 22.5 Å². The highest BCUT2D eigenvalue weighted by Gasteiger charge is 2.01. The van der Waals surface area contributed by atoms with Gasteiger partial charge in [0.15, 0.2) is 0 Å². The van der Waals surface area contributed by atoms with Crippen LogP contribution in [0.1, 0.15) is 5.56 Å². The van der Waals surface area contributed by atoms with Gasteiger partial charge in [-0.25, -0.2) is 0 Å². The van der Waals surface area contributed by atoms with Crippen molar-refractivity contribution in [1.82, 2.24) is 0 Å². The van der Waals surface area contributed by atoms with Crippen molar-refractivity contribution in [2.24, 2.45) is 0 Å². The van der Waals surface area contributed by atoms with Crippen molar-refractivity contribution in [3.8, 4) is 5.75 Å². The highest BCUT2D eigenvalue weighted by atomic mass is 79.9. The van der Waals surface area contributed by atoms with Gasteiger partial charge in [-0.15, -0.1) is 0 Å². The topological polar surface area (TPSA) is 47.3 Å². The first kappa shape index (κ1) is 12.8. The first-order valence-electron chi connectivity index (χ1n) is 5.61. The summed E-state index contributed by atoms with van der Waals surface area (Å²) < 4.78 is 6.25. The Morgan fingerprint density at radius 2 is 1.89 bits per heavy atom. The zero-order chi connectivity index (χ0) is 13.0. The maximum Gasteiger partial charge on any atom is 0.121 e. The van der Waals surface area contributed by atoms with Gasteiger partial charge in [0, 0.05) is 17.1 Å². The Hall–Kier alpha value is -1.68. The van der Waals surface area contributed by atoms with E-state index in [1.165, 1.54) is 5.56 Å². The quantitative estimate of drug-likeness (QED) is 0.848. The maximum absolute atomic E-state index is 5.91.